The zero-order chi connectivity index (χ0) is 18.1. The van der Waals surface area contributed by atoms with E-state index < -0.39 is 0 Å². The van der Waals surface area contributed by atoms with Crippen LogP contribution in [0.25, 0.3) is 0 Å². The Hall–Kier alpha value is -0.810. The van der Waals surface area contributed by atoms with E-state index in [9.17, 15) is 4.79 Å². The van der Waals surface area contributed by atoms with E-state index in [1.807, 2.05) is 0 Å². The van der Waals surface area contributed by atoms with Crippen LogP contribution >= 0.6 is 0 Å². The Labute approximate surface area is 158 Å². The third-order valence-corrected chi connectivity index (χ3v) is 7.55. The van der Waals surface area contributed by atoms with Crippen LogP contribution in [0.5, 0.6) is 0 Å². The van der Waals surface area contributed by atoms with Gasteiger partial charge in [0.2, 0.25) is 0 Å². The zero-order valence-electron chi connectivity index (χ0n) is 16.6. The number of amides is 2. The predicted molar refractivity (Wildman–Crippen MR) is 103 cm³/mol. The molecule has 5 heteroatoms. The van der Waals surface area contributed by atoms with Gasteiger partial charge in [0.25, 0.3) is 0 Å². The molecular weight excluding hydrogens is 326 g/mol. The summed E-state index contributed by atoms with van der Waals surface area (Å²) in [4.78, 5) is 14.9. The van der Waals surface area contributed by atoms with Gasteiger partial charge in [-0.1, -0.05) is 13.8 Å². The topological polar surface area (TPSA) is 53.6 Å². The molecule has 4 aliphatic carbocycles. The van der Waals surface area contributed by atoms with Gasteiger partial charge in [0, 0.05) is 32.2 Å². The Balaban J connectivity index is 1.25. The lowest BCUT2D eigenvalue weighted by molar-refractivity contribution is -0.0498. The smallest absolute Gasteiger partial charge is 0.314 e. The van der Waals surface area contributed by atoms with Crippen molar-refractivity contribution in [2.75, 3.05) is 39.4 Å². The lowest BCUT2D eigenvalue weighted by atomic mass is 9.49. The average Bonchev–Trinajstić information content (AvgIpc) is 2.60. The molecule has 1 aliphatic heterocycles. The Morgan fingerprint density at radius 1 is 1.04 bits per heavy atom. The number of carbonyl (C=O) groups is 1. The van der Waals surface area contributed by atoms with Crippen molar-refractivity contribution in [3.05, 3.63) is 0 Å². The third kappa shape index (κ3) is 4.04. The summed E-state index contributed by atoms with van der Waals surface area (Å²) in [5.74, 6) is 3.35. The molecule has 0 aromatic rings. The molecule has 1 saturated heterocycles. The van der Waals surface area contributed by atoms with Crippen LogP contribution in [0.1, 0.15) is 52.4 Å². The SMILES string of the molecule is CC(C)[C@H](CNC(=O)NCC12CC3CC(CC(C3)C1)C2)N1CCOCC1. The molecule has 1 heterocycles. The number of hydrogen-bond donors (Lipinski definition) is 2. The molecule has 5 rings (SSSR count). The average molecular weight is 364 g/mol. The number of urea groups is 1. The summed E-state index contributed by atoms with van der Waals surface area (Å²) >= 11 is 0. The molecule has 5 aliphatic rings. The minimum Gasteiger partial charge on any atom is -0.379 e. The Bertz CT molecular complexity index is 466. The molecular formula is C21H37N3O2. The van der Waals surface area contributed by atoms with Gasteiger partial charge in [0.05, 0.1) is 13.2 Å². The fourth-order valence-electron chi connectivity index (χ4n) is 6.73. The minimum absolute atomic E-state index is 0.0275. The van der Waals surface area contributed by atoms with Crippen molar-refractivity contribution in [2.24, 2.45) is 29.1 Å². The van der Waals surface area contributed by atoms with Gasteiger partial charge in [-0.25, -0.2) is 4.79 Å². The molecule has 5 fully saturated rings. The third-order valence-electron chi connectivity index (χ3n) is 7.55. The monoisotopic (exact) mass is 363 g/mol. The quantitative estimate of drug-likeness (QED) is 0.763. The van der Waals surface area contributed by atoms with Gasteiger partial charge in [-0.15, -0.1) is 0 Å². The van der Waals surface area contributed by atoms with Gasteiger partial charge in [-0.3, -0.25) is 4.90 Å². The van der Waals surface area contributed by atoms with Gasteiger partial charge >= 0.3 is 6.03 Å². The van der Waals surface area contributed by atoms with Gasteiger partial charge in [0.15, 0.2) is 0 Å². The van der Waals surface area contributed by atoms with E-state index in [0.717, 1.165) is 57.1 Å². The molecule has 2 amide bonds. The van der Waals surface area contributed by atoms with E-state index >= 15 is 0 Å². The summed E-state index contributed by atoms with van der Waals surface area (Å²) in [6.07, 6.45) is 8.42. The predicted octanol–water partition coefficient (Wildman–Crippen LogP) is 2.86. The Morgan fingerprint density at radius 3 is 2.15 bits per heavy atom. The fraction of sp³-hybridized carbons (Fsp3) is 0.952. The first kappa shape index (κ1) is 18.5. The highest BCUT2D eigenvalue weighted by Gasteiger charge is 2.50. The number of nitrogens with zero attached hydrogens (tertiary/aromatic N) is 1. The maximum absolute atomic E-state index is 12.5. The summed E-state index contributed by atoms with van der Waals surface area (Å²) in [6, 6.07) is 0.420. The molecule has 148 valence electrons. The van der Waals surface area contributed by atoms with Crippen LogP contribution in [0, 0.1) is 29.1 Å². The Kier molecular flexibility index (Phi) is 5.47. The standard InChI is InChI=1S/C21H37N3O2/c1-15(2)19(24-3-5-26-6-4-24)13-22-20(25)23-14-21-10-16-7-17(11-21)9-18(8-16)12-21/h15-19H,3-14H2,1-2H3,(H2,22,23,25)/t16?,17?,18?,19-,21?/m0/s1. The lowest BCUT2D eigenvalue weighted by Gasteiger charge is -2.56. The fourth-order valence-corrected chi connectivity index (χ4v) is 6.73. The molecule has 0 unspecified atom stereocenters. The van der Waals surface area contributed by atoms with Gasteiger partial charge in [-0.2, -0.15) is 0 Å². The van der Waals surface area contributed by atoms with E-state index in [0.29, 0.717) is 17.4 Å². The van der Waals surface area contributed by atoms with E-state index in [1.54, 1.807) is 0 Å². The van der Waals surface area contributed by atoms with Crippen molar-refractivity contribution < 1.29 is 9.53 Å². The van der Waals surface area contributed by atoms with Crippen LogP contribution in [-0.4, -0.2) is 56.4 Å². The molecule has 0 radical (unpaired) electrons. The van der Waals surface area contributed by atoms with Crippen molar-refractivity contribution in [1.29, 1.82) is 0 Å². The minimum atomic E-state index is 0.0275. The van der Waals surface area contributed by atoms with E-state index in [1.165, 1.54) is 38.5 Å². The normalized spacial score (nSPS) is 37.7. The summed E-state index contributed by atoms with van der Waals surface area (Å²) < 4.78 is 5.47. The molecule has 0 aromatic carbocycles. The highest BCUT2D eigenvalue weighted by Crippen LogP contribution is 2.59. The van der Waals surface area contributed by atoms with Crippen LogP contribution in [0.4, 0.5) is 4.79 Å². The molecule has 0 spiro atoms. The summed E-state index contributed by atoms with van der Waals surface area (Å²) in [5, 5.41) is 6.41. The lowest BCUT2D eigenvalue weighted by Crippen LogP contribution is -2.54. The number of morpholine rings is 1. The first-order chi connectivity index (χ1) is 12.5. The van der Waals surface area contributed by atoms with E-state index in [2.05, 4.69) is 29.4 Å². The largest absolute Gasteiger partial charge is 0.379 e. The number of ether oxygens (including phenoxy) is 1. The highest BCUT2D eigenvalue weighted by molar-refractivity contribution is 5.73. The summed E-state index contributed by atoms with van der Waals surface area (Å²) in [6.45, 7) is 9.66. The number of hydrogen-bond acceptors (Lipinski definition) is 3. The second-order valence-electron chi connectivity index (χ2n) is 9.94. The molecule has 0 aromatic heterocycles. The van der Waals surface area contributed by atoms with Crippen molar-refractivity contribution in [3.8, 4) is 0 Å². The summed E-state index contributed by atoms with van der Waals surface area (Å²) in [5.41, 5.74) is 0.410. The van der Waals surface area contributed by atoms with Crippen molar-refractivity contribution in [3.63, 3.8) is 0 Å². The maximum Gasteiger partial charge on any atom is 0.314 e. The van der Waals surface area contributed by atoms with E-state index in [4.69, 9.17) is 4.74 Å². The van der Waals surface area contributed by atoms with Crippen LogP contribution in [-0.2, 0) is 4.74 Å². The second kappa shape index (κ2) is 7.67. The van der Waals surface area contributed by atoms with Crippen LogP contribution < -0.4 is 10.6 Å². The molecule has 5 nitrogen and oxygen atoms in total. The maximum atomic E-state index is 12.5. The van der Waals surface area contributed by atoms with Crippen LogP contribution in [0.3, 0.4) is 0 Å². The first-order valence-corrected chi connectivity index (χ1v) is 10.9. The highest BCUT2D eigenvalue weighted by atomic mass is 16.5. The van der Waals surface area contributed by atoms with Crippen molar-refractivity contribution in [2.45, 2.75) is 58.4 Å². The molecule has 1 atom stereocenters. The second-order valence-corrected chi connectivity index (χ2v) is 9.94. The van der Waals surface area contributed by atoms with Crippen molar-refractivity contribution >= 4 is 6.03 Å². The number of nitrogens with one attached hydrogen (secondary N) is 2. The number of carbonyl (C=O) groups excluding carboxylic acids is 1. The first-order valence-electron chi connectivity index (χ1n) is 10.9. The van der Waals surface area contributed by atoms with Crippen LogP contribution in [0.15, 0.2) is 0 Å². The van der Waals surface area contributed by atoms with Crippen molar-refractivity contribution in [1.82, 2.24) is 15.5 Å². The molecule has 4 bridgehead atoms. The molecule has 4 saturated carbocycles. The van der Waals surface area contributed by atoms with Crippen LogP contribution in [0.2, 0.25) is 0 Å². The number of rotatable bonds is 6. The zero-order valence-corrected chi connectivity index (χ0v) is 16.6. The summed E-state index contributed by atoms with van der Waals surface area (Å²) in [7, 11) is 0. The van der Waals surface area contributed by atoms with Gasteiger partial charge in [0.1, 0.15) is 0 Å². The van der Waals surface area contributed by atoms with E-state index in [-0.39, 0.29) is 6.03 Å². The van der Waals surface area contributed by atoms with Gasteiger partial charge in [-0.05, 0) is 67.6 Å². The molecule has 26 heavy (non-hydrogen) atoms. The van der Waals surface area contributed by atoms with Gasteiger partial charge < -0.3 is 15.4 Å². The molecule has 2 N–H and O–H groups in total. The Morgan fingerprint density at radius 2 is 1.62 bits per heavy atom.